The fraction of sp³-hybridized carbons (Fsp3) is 0.529. The topological polar surface area (TPSA) is 101 Å². The number of alkyl halides is 3. The van der Waals surface area contributed by atoms with Gasteiger partial charge in [0.05, 0.1) is 14.1 Å². The first-order chi connectivity index (χ1) is 12.5. The molecule has 0 spiro atoms. The third kappa shape index (κ3) is 2.62. The lowest BCUT2D eigenvalue weighted by Gasteiger charge is -2.66. The average molecular weight is 568 g/mol. The molecule has 3 saturated carbocycles. The van der Waals surface area contributed by atoms with Crippen LogP contribution in [0.25, 0.3) is 0 Å². The Morgan fingerprint density at radius 3 is 2.44 bits per heavy atom. The molecule has 0 heterocycles. The van der Waals surface area contributed by atoms with Gasteiger partial charge in [-0.15, -0.1) is 0 Å². The van der Waals surface area contributed by atoms with E-state index in [1.807, 2.05) is 0 Å². The van der Waals surface area contributed by atoms with E-state index in [0.717, 1.165) is 6.42 Å². The zero-order chi connectivity index (χ0) is 20.2. The van der Waals surface area contributed by atoms with Crippen molar-refractivity contribution in [1.82, 2.24) is 10.9 Å². The quantitative estimate of drug-likeness (QED) is 0.326. The van der Waals surface area contributed by atoms with Gasteiger partial charge in [0.2, 0.25) is 5.91 Å². The monoisotopic (exact) mass is 565 g/mol. The molecule has 2 N–H and O–H groups in total. The molecule has 1 aromatic rings. The number of nitrogens with zero attached hydrogens (tertiary/aromatic N) is 1. The maximum atomic E-state index is 13.0. The molecular formula is C17H18Br3N3O4. The van der Waals surface area contributed by atoms with Gasteiger partial charge >= 0.3 is 0 Å². The molecule has 27 heavy (non-hydrogen) atoms. The highest BCUT2D eigenvalue weighted by Gasteiger charge is 2.83. The molecule has 3 atom stereocenters. The van der Waals surface area contributed by atoms with E-state index in [4.69, 9.17) is 0 Å². The normalized spacial score (nSPS) is 30.5. The van der Waals surface area contributed by atoms with E-state index in [9.17, 15) is 19.7 Å². The third-order valence-electron chi connectivity index (χ3n) is 6.50. The van der Waals surface area contributed by atoms with Crippen molar-refractivity contribution in [2.75, 3.05) is 0 Å². The van der Waals surface area contributed by atoms with Crippen LogP contribution in [0, 0.1) is 26.4 Å². The highest BCUT2D eigenvalue weighted by molar-refractivity contribution is 9.24. The summed E-state index contributed by atoms with van der Waals surface area (Å²) in [6, 6.07) is 5.35. The number of hydrazine groups is 1. The molecule has 1 aromatic carbocycles. The van der Waals surface area contributed by atoms with Gasteiger partial charge in [0.1, 0.15) is 0 Å². The standard InChI is InChI=1S/C17H18Br3N3O4/c1-15(2)16(13(19)20)6-7-17(15,12(16)18)14(25)22-21-11(24)9-4-3-5-10(8-9)23(26)27/h3-5,8,12-13H,6-7H2,1-2H3,(H,21,24)(H,22,25). The summed E-state index contributed by atoms with van der Waals surface area (Å²) in [5.41, 5.74) is 3.76. The molecule has 0 saturated heterocycles. The maximum Gasteiger partial charge on any atom is 0.270 e. The summed E-state index contributed by atoms with van der Waals surface area (Å²) in [6.07, 6.45) is 1.56. The number of fused-ring (bicyclic) bond motifs is 1. The minimum Gasteiger partial charge on any atom is -0.273 e. The number of amides is 2. The number of hydrogen-bond acceptors (Lipinski definition) is 4. The zero-order valence-corrected chi connectivity index (χ0v) is 19.4. The average Bonchev–Trinajstić information content (AvgIpc) is 3.09. The Morgan fingerprint density at radius 2 is 1.93 bits per heavy atom. The van der Waals surface area contributed by atoms with Crippen LogP contribution in [0.3, 0.4) is 0 Å². The van der Waals surface area contributed by atoms with E-state index in [0.29, 0.717) is 6.42 Å². The largest absolute Gasteiger partial charge is 0.273 e. The minimum absolute atomic E-state index is 0.0500. The van der Waals surface area contributed by atoms with Gasteiger partial charge in [-0.1, -0.05) is 67.7 Å². The van der Waals surface area contributed by atoms with Crippen LogP contribution in [0.4, 0.5) is 5.69 Å². The van der Waals surface area contributed by atoms with Crippen molar-refractivity contribution in [3.63, 3.8) is 0 Å². The van der Waals surface area contributed by atoms with Crippen molar-refractivity contribution in [2.45, 2.75) is 35.3 Å². The van der Waals surface area contributed by atoms with E-state index < -0.39 is 16.2 Å². The number of nitro groups is 1. The van der Waals surface area contributed by atoms with Crippen molar-refractivity contribution in [2.24, 2.45) is 16.2 Å². The van der Waals surface area contributed by atoms with Gasteiger partial charge in [0.15, 0.2) is 0 Å². The molecule has 4 rings (SSSR count). The molecule has 3 fully saturated rings. The second kappa shape index (κ2) is 6.81. The summed E-state index contributed by atoms with van der Waals surface area (Å²) < 4.78 is 0.0553. The Balaban J connectivity index is 1.73. The molecule has 146 valence electrons. The molecule has 3 aliphatic carbocycles. The Morgan fingerprint density at radius 1 is 1.26 bits per heavy atom. The van der Waals surface area contributed by atoms with Crippen molar-refractivity contribution in [3.05, 3.63) is 39.9 Å². The van der Waals surface area contributed by atoms with Crippen LogP contribution in [0.1, 0.15) is 37.0 Å². The smallest absolute Gasteiger partial charge is 0.270 e. The number of hydrogen-bond donors (Lipinski definition) is 2. The van der Waals surface area contributed by atoms with Crippen LogP contribution in [-0.4, -0.2) is 25.3 Å². The molecule has 0 aliphatic heterocycles. The number of carbonyl (C=O) groups excluding carboxylic acids is 2. The molecular weight excluding hydrogens is 550 g/mol. The Kier molecular flexibility index (Phi) is 5.22. The number of benzene rings is 1. The SMILES string of the molecule is CC1(C)C2(C(=O)NNC(=O)c3cccc([N+](=O)[O-])c3)CCC1(C(Br)Br)C2Br. The lowest BCUT2D eigenvalue weighted by atomic mass is 9.43. The van der Waals surface area contributed by atoms with Crippen LogP contribution in [0.5, 0.6) is 0 Å². The molecule has 0 radical (unpaired) electrons. The highest BCUT2D eigenvalue weighted by atomic mass is 79.9. The van der Waals surface area contributed by atoms with Crippen LogP contribution >= 0.6 is 47.8 Å². The summed E-state index contributed by atoms with van der Waals surface area (Å²) in [5, 5.41) is 10.8. The first-order valence-electron chi connectivity index (χ1n) is 8.30. The van der Waals surface area contributed by atoms with Crippen LogP contribution in [-0.2, 0) is 4.79 Å². The summed E-state index contributed by atoms with van der Waals surface area (Å²) in [6.45, 7) is 4.13. The van der Waals surface area contributed by atoms with Crippen LogP contribution < -0.4 is 10.9 Å². The van der Waals surface area contributed by atoms with E-state index in [-0.39, 0.29) is 36.6 Å². The first-order valence-corrected chi connectivity index (χ1v) is 11.0. The van der Waals surface area contributed by atoms with Gasteiger partial charge in [-0.2, -0.15) is 0 Å². The van der Waals surface area contributed by atoms with Crippen molar-refractivity contribution in [3.8, 4) is 0 Å². The van der Waals surface area contributed by atoms with Gasteiger partial charge in [0, 0.05) is 27.9 Å². The van der Waals surface area contributed by atoms with E-state index in [1.54, 1.807) is 0 Å². The molecule has 2 bridgehead atoms. The van der Waals surface area contributed by atoms with Crippen molar-refractivity contribution >= 4 is 65.3 Å². The maximum absolute atomic E-state index is 13.0. The number of halogens is 3. The number of carbonyl (C=O) groups is 2. The van der Waals surface area contributed by atoms with Crippen LogP contribution in [0.2, 0.25) is 0 Å². The fourth-order valence-electron chi connectivity index (χ4n) is 4.76. The molecule has 0 aromatic heterocycles. The van der Waals surface area contributed by atoms with E-state index >= 15 is 0 Å². The molecule has 3 unspecified atom stereocenters. The number of non-ortho nitro benzene ring substituents is 1. The number of rotatable bonds is 4. The summed E-state index contributed by atoms with van der Waals surface area (Å²) >= 11 is 11.0. The predicted octanol–water partition coefficient (Wildman–Crippen LogP) is 4.04. The Hall–Kier alpha value is -1.000. The van der Waals surface area contributed by atoms with Crippen LogP contribution in [0.15, 0.2) is 24.3 Å². The zero-order valence-electron chi connectivity index (χ0n) is 14.6. The Labute approximate surface area is 181 Å². The highest BCUT2D eigenvalue weighted by Crippen LogP contribution is 2.82. The third-order valence-corrected chi connectivity index (χ3v) is 9.73. The molecule has 7 nitrogen and oxygen atoms in total. The summed E-state index contributed by atoms with van der Waals surface area (Å²) in [5.74, 6) is -0.864. The fourth-order valence-corrected chi connectivity index (χ4v) is 9.67. The summed E-state index contributed by atoms with van der Waals surface area (Å²) in [4.78, 5) is 35.5. The van der Waals surface area contributed by atoms with Crippen molar-refractivity contribution in [1.29, 1.82) is 0 Å². The van der Waals surface area contributed by atoms with E-state index in [2.05, 4.69) is 72.5 Å². The number of nitro benzene ring substituents is 1. The molecule has 2 amide bonds. The van der Waals surface area contributed by atoms with E-state index in [1.165, 1.54) is 24.3 Å². The predicted molar refractivity (Wildman–Crippen MR) is 111 cm³/mol. The lowest BCUT2D eigenvalue weighted by molar-refractivity contribution is -0.384. The number of nitrogens with one attached hydrogen (secondary N) is 2. The summed E-state index contributed by atoms with van der Waals surface area (Å²) in [7, 11) is 0. The molecule has 10 heteroatoms. The second-order valence-corrected chi connectivity index (χ2v) is 11.5. The lowest BCUT2D eigenvalue weighted by Crippen LogP contribution is -2.72. The molecule has 3 aliphatic rings. The van der Waals surface area contributed by atoms with Gasteiger partial charge in [0.25, 0.3) is 11.6 Å². The van der Waals surface area contributed by atoms with Crippen molar-refractivity contribution < 1.29 is 14.5 Å². The van der Waals surface area contributed by atoms with Gasteiger partial charge in [-0.05, 0) is 24.3 Å². The van der Waals surface area contributed by atoms with Gasteiger partial charge in [-0.3, -0.25) is 30.6 Å². The van der Waals surface area contributed by atoms with Gasteiger partial charge in [-0.25, -0.2) is 0 Å². The van der Waals surface area contributed by atoms with Gasteiger partial charge < -0.3 is 0 Å². The second-order valence-electron chi connectivity index (χ2n) is 7.52. The minimum atomic E-state index is -0.650. The first kappa shape index (κ1) is 20.7. The Bertz CT molecular complexity index is 831.